The molecule has 0 radical (unpaired) electrons. The monoisotopic (exact) mass is 139 g/mol. The van der Waals surface area contributed by atoms with Crippen LogP contribution in [0.15, 0.2) is 0 Å². The minimum absolute atomic E-state index is 0.556. The lowest BCUT2D eigenvalue weighted by molar-refractivity contribution is 0.422. The van der Waals surface area contributed by atoms with Crippen molar-refractivity contribution in [3.05, 3.63) is 0 Å². The van der Waals surface area contributed by atoms with Crippen LogP contribution in [0, 0.1) is 11.8 Å². The van der Waals surface area contributed by atoms with E-state index in [0.717, 1.165) is 11.8 Å². The molecule has 2 aliphatic carbocycles. The second-order valence-electron chi connectivity index (χ2n) is 4.03. The fraction of sp³-hybridized carbons (Fsp3) is 1.00. The highest BCUT2D eigenvalue weighted by atomic mass is 14.7. The van der Waals surface area contributed by atoms with Crippen LogP contribution in [0.25, 0.3) is 0 Å². The standard InChI is InChI=1S/C9H17N/c10-9-3-1-2-8(9)6-7-4-5-7/h7-9H,1-6,10H2. The third kappa shape index (κ3) is 1.34. The molecule has 0 aliphatic heterocycles. The minimum Gasteiger partial charge on any atom is -0.327 e. The molecule has 0 aromatic rings. The summed E-state index contributed by atoms with van der Waals surface area (Å²) in [4.78, 5) is 0. The summed E-state index contributed by atoms with van der Waals surface area (Å²) >= 11 is 0. The number of nitrogens with two attached hydrogens (primary N) is 1. The second-order valence-corrected chi connectivity index (χ2v) is 4.03. The summed E-state index contributed by atoms with van der Waals surface area (Å²) in [5.41, 5.74) is 5.96. The van der Waals surface area contributed by atoms with Gasteiger partial charge in [-0.1, -0.05) is 19.3 Å². The van der Waals surface area contributed by atoms with Crippen molar-refractivity contribution >= 4 is 0 Å². The highest BCUT2D eigenvalue weighted by Crippen LogP contribution is 2.40. The van der Waals surface area contributed by atoms with Crippen LogP contribution in [0.4, 0.5) is 0 Å². The molecule has 0 amide bonds. The van der Waals surface area contributed by atoms with Gasteiger partial charge < -0.3 is 5.73 Å². The molecule has 1 nitrogen and oxygen atoms in total. The molecule has 2 rings (SSSR count). The van der Waals surface area contributed by atoms with E-state index in [1.165, 1.54) is 38.5 Å². The molecule has 0 spiro atoms. The molecule has 0 aromatic carbocycles. The zero-order valence-corrected chi connectivity index (χ0v) is 6.55. The van der Waals surface area contributed by atoms with Gasteiger partial charge in [0.25, 0.3) is 0 Å². The van der Waals surface area contributed by atoms with Gasteiger partial charge in [-0.25, -0.2) is 0 Å². The van der Waals surface area contributed by atoms with Gasteiger partial charge in [-0.05, 0) is 31.1 Å². The Morgan fingerprint density at radius 2 is 1.90 bits per heavy atom. The topological polar surface area (TPSA) is 26.0 Å². The van der Waals surface area contributed by atoms with Crippen molar-refractivity contribution in [2.75, 3.05) is 0 Å². The van der Waals surface area contributed by atoms with Crippen LogP contribution in [0.5, 0.6) is 0 Å². The van der Waals surface area contributed by atoms with Gasteiger partial charge in [0, 0.05) is 6.04 Å². The molecule has 10 heavy (non-hydrogen) atoms. The normalized spacial score (nSPS) is 40.5. The molecule has 2 saturated carbocycles. The third-order valence-electron chi connectivity index (χ3n) is 3.05. The largest absolute Gasteiger partial charge is 0.327 e. The highest BCUT2D eigenvalue weighted by molar-refractivity contribution is 4.85. The maximum Gasteiger partial charge on any atom is 0.00672 e. The van der Waals surface area contributed by atoms with E-state index in [1.807, 2.05) is 0 Å². The lowest BCUT2D eigenvalue weighted by Crippen LogP contribution is -2.24. The van der Waals surface area contributed by atoms with E-state index in [1.54, 1.807) is 0 Å². The van der Waals surface area contributed by atoms with Crippen LogP contribution < -0.4 is 5.73 Å². The molecule has 2 aliphatic rings. The van der Waals surface area contributed by atoms with E-state index in [4.69, 9.17) is 5.73 Å². The zero-order chi connectivity index (χ0) is 6.97. The molecule has 58 valence electrons. The summed E-state index contributed by atoms with van der Waals surface area (Å²) in [5, 5.41) is 0. The van der Waals surface area contributed by atoms with Crippen molar-refractivity contribution in [1.82, 2.24) is 0 Å². The summed E-state index contributed by atoms with van der Waals surface area (Å²) in [6.45, 7) is 0. The van der Waals surface area contributed by atoms with E-state index in [0.29, 0.717) is 6.04 Å². The Balaban J connectivity index is 1.79. The van der Waals surface area contributed by atoms with Crippen LogP contribution in [-0.4, -0.2) is 6.04 Å². The van der Waals surface area contributed by atoms with Gasteiger partial charge in [0.05, 0.1) is 0 Å². The molecule has 1 heteroatoms. The molecule has 2 fully saturated rings. The fourth-order valence-corrected chi connectivity index (χ4v) is 2.14. The first-order valence-corrected chi connectivity index (χ1v) is 4.62. The quantitative estimate of drug-likeness (QED) is 0.621. The van der Waals surface area contributed by atoms with Crippen LogP contribution >= 0.6 is 0 Å². The minimum atomic E-state index is 0.556. The predicted molar refractivity (Wildman–Crippen MR) is 42.7 cm³/mol. The number of hydrogen-bond donors (Lipinski definition) is 1. The average molecular weight is 139 g/mol. The van der Waals surface area contributed by atoms with Crippen LogP contribution in [0.1, 0.15) is 38.5 Å². The van der Waals surface area contributed by atoms with Gasteiger partial charge in [-0.2, -0.15) is 0 Å². The molecule has 0 aromatic heterocycles. The molecule has 2 unspecified atom stereocenters. The lowest BCUT2D eigenvalue weighted by Gasteiger charge is -2.13. The molecule has 0 bridgehead atoms. The molecular formula is C9H17N. The van der Waals surface area contributed by atoms with E-state index < -0.39 is 0 Å². The highest BCUT2D eigenvalue weighted by Gasteiger charge is 2.30. The van der Waals surface area contributed by atoms with Crippen molar-refractivity contribution in [1.29, 1.82) is 0 Å². The molecule has 0 saturated heterocycles. The van der Waals surface area contributed by atoms with Gasteiger partial charge in [0.1, 0.15) is 0 Å². The first-order valence-electron chi connectivity index (χ1n) is 4.62. The smallest absolute Gasteiger partial charge is 0.00672 e. The summed E-state index contributed by atoms with van der Waals surface area (Å²) in [7, 11) is 0. The van der Waals surface area contributed by atoms with Gasteiger partial charge >= 0.3 is 0 Å². The molecule has 2 N–H and O–H groups in total. The SMILES string of the molecule is NC1CCCC1CC1CC1. The van der Waals surface area contributed by atoms with E-state index in [2.05, 4.69) is 0 Å². The van der Waals surface area contributed by atoms with Crippen molar-refractivity contribution in [2.24, 2.45) is 17.6 Å². The van der Waals surface area contributed by atoms with Crippen molar-refractivity contribution in [3.63, 3.8) is 0 Å². The summed E-state index contributed by atoms with van der Waals surface area (Å²) in [6, 6.07) is 0.556. The number of rotatable bonds is 2. The number of hydrogen-bond acceptors (Lipinski definition) is 1. The Hall–Kier alpha value is -0.0400. The third-order valence-corrected chi connectivity index (χ3v) is 3.05. The fourth-order valence-electron chi connectivity index (χ4n) is 2.14. The summed E-state index contributed by atoms with van der Waals surface area (Å²) in [5.74, 6) is 1.97. The Labute approximate surface area is 63.0 Å². The van der Waals surface area contributed by atoms with Gasteiger partial charge in [0.15, 0.2) is 0 Å². The van der Waals surface area contributed by atoms with Crippen LogP contribution in [-0.2, 0) is 0 Å². The Morgan fingerprint density at radius 1 is 1.10 bits per heavy atom. The van der Waals surface area contributed by atoms with Crippen molar-refractivity contribution in [3.8, 4) is 0 Å². The average Bonchev–Trinajstić information content (AvgIpc) is 2.62. The Kier molecular flexibility index (Phi) is 1.69. The zero-order valence-electron chi connectivity index (χ0n) is 6.55. The predicted octanol–water partition coefficient (Wildman–Crippen LogP) is 1.91. The van der Waals surface area contributed by atoms with Crippen LogP contribution in [0.2, 0.25) is 0 Å². The van der Waals surface area contributed by atoms with Crippen molar-refractivity contribution < 1.29 is 0 Å². The van der Waals surface area contributed by atoms with E-state index >= 15 is 0 Å². The lowest BCUT2D eigenvalue weighted by atomic mass is 9.97. The van der Waals surface area contributed by atoms with Gasteiger partial charge in [-0.15, -0.1) is 0 Å². The second kappa shape index (κ2) is 2.54. The Morgan fingerprint density at radius 3 is 2.40 bits per heavy atom. The summed E-state index contributed by atoms with van der Waals surface area (Å²) < 4.78 is 0. The molecule has 2 atom stereocenters. The van der Waals surface area contributed by atoms with Gasteiger partial charge in [0.2, 0.25) is 0 Å². The first kappa shape index (κ1) is 6.66. The van der Waals surface area contributed by atoms with E-state index in [-0.39, 0.29) is 0 Å². The van der Waals surface area contributed by atoms with Crippen LogP contribution in [0.3, 0.4) is 0 Å². The van der Waals surface area contributed by atoms with E-state index in [9.17, 15) is 0 Å². The molecular weight excluding hydrogens is 122 g/mol. The summed E-state index contributed by atoms with van der Waals surface area (Å²) in [6.07, 6.45) is 8.52. The van der Waals surface area contributed by atoms with Gasteiger partial charge in [-0.3, -0.25) is 0 Å². The molecule has 0 heterocycles. The first-order chi connectivity index (χ1) is 4.86. The maximum absolute atomic E-state index is 5.96. The maximum atomic E-state index is 5.96. The van der Waals surface area contributed by atoms with Crippen molar-refractivity contribution in [2.45, 2.75) is 44.6 Å². The Bertz CT molecular complexity index is 118.